The fourth-order valence-electron chi connectivity index (χ4n) is 2.85. The first-order valence-electron chi connectivity index (χ1n) is 7.27. The molecule has 0 atom stereocenters. The summed E-state index contributed by atoms with van der Waals surface area (Å²) in [4.78, 5) is 12.2. The normalized spacial score (nSPS) is 15.5. The number of benzene rings is 1. The van der Waals surface area contributed by atoms with Gasteiger partial charge in [0.15, 0.2) is 0 Å². The van der Waals surface area contributed by atoms with Gasteiger partial charge < -0.3 is 10.6 Å². The Labute approximate surface area is 115 Å². The largest absolute Gasteiger partial charge is 0.387 e. The van der Waals surface area contributed by atoms with Crippen LogP contribution in [0.5, 0.6) is 0 Å². The van der Waals surface area contributed by atoms with Crippen LogP contribution in [-0.4, -0.2) is 19.5 Å². The van der Waals surface area contributed by atoms with Crippen molar-refractivity contribution in [3.8, 4) is 0 Å². The van der Waals surface area contributed by atoms with Gasteiger partial charge in [-0.1, -0.05) is 31.7 Å². The molecule has 0 aliphatic heterocycles. The van der Waals surface area contributed by atoms with E-state index in [9.17, 15) is 4.79 Å². The third kappa shape index (κ3) is 3.72. The smallest absolute Gasteiger partial charge is 0.253 e. The van der Waals surface area contributed by atoms with Crippen molar-refractivity contribution in [1.29, 1.82) is 0 Å². The number of aryl methyl sites for hydroxylation is 1. The first-order valence-corrected chi connectivity index (χ1v) is 7.27. The molecule has 0 radical (unpaired) electrons. The highest BCUT2D eigenvalue weighted by Gasteiger charge is 2.15. The van der Waals surface area contributed by atoms with E-state index in [1.54, 1.807) is 0 Å². The van der Waals surface area contributed by atoms with Crippen molar-refractivity contribution in [3.63, 3.8) is 0 Å². The van der Waals surface area contributed by atoms with Gasteiger partial charge in [-0.15, -0.1) is 0 Å². The van der Waals surface area contributed by atoms with Gasteiger partial charge in [-0.2, -0.15) is 0 Å². The number of carbonyl (C=O) groups excluding carboxylic acids is 1. The van der Waals surface area contributed by atoms with Crippen LogP contribution in [0.1, 0.15) is 48.0 Å². The number of carbonyl (C=O) groups is 1. The lowest BCUT2D eigenvalue weighted by Gasteiger charge is -2.12. The van der Waals surface area contributed by atoms with Crippen molar-refractivity contribution in [2.45, 2.75) is 39.0 Å². The summed E-state index contributed by atoms with van der Waals surface area (Å²) in [5.41, 5.74) is 2.80. The molecular formula is C16H24N2O. The van der Waals surface area contributed by atoms with Gasteiger partial charge in [0.2, 0.25) is 0 Å². The van der Waals surface area contributed by atoms with Crippen LogP contribution in [0.15, 0.2) is 18.2 Å². The van der Waals surface area contributed by atoms with Gasteiger partial charge in [0.25, 0.3) is 5.91 Å². The second-order valence-corrected chi connectivity index (χ2v) is 5.49. The molecule has 0 bridgehead atoms. The molecule has 1 aliphatic rings. The maximum atomic E-state index is 12.2. The lowest BCUT2D eigenvalue weighted by atomic mass is 10.0. The van der Waals surface area contributed by atoms with Gasteiger partial charge in [0.05, 0.1) is 5.56 Å². The minimum absolute atomic E-state index is 0.0300. The van der Waals surface area contributed by atoms with Crippen LogP contribution < -0.4 is 10.6 Å². The van der Waals surface area contributed by atoms with Crippen molar-refractivity contribution in [1.82, 2.24) is 5.32 Å². The second kappa shape index (κ2) is 6.60. The lowest BCUT2D eigenvalue weighted by molar-refractivity contribution is 0.0952. The SMILES string of the molecule is CNc1cc(C)ccc1C(=O)NCCC1CCCC1. The van der Waals surface area contributed by atoms with E-state index in [1.165, 1.54) is 25.7 Å². The van der Waals surface area contributed by atoms with Crippen LogP contribution >= 0.6 is 0 Å². The summed E-state index contributed by atoms with van der Waals surface area (Å²) in [5, 5.41) is 6.13. The Morgan fingerprint density at radius 3 is 2.74 bits per heavy atom. The zero-order chi connectivity index (χ0) is 13.7. The molecule has 1 amide bonds. The Balaban J connectivity index is 1.88. The number of nitrogens with one attached hydrogen (secondary N) is 2. The molecular weight excluding hydrogens is 236 g/mol. The molecule has 0 saturated heterocycles. The summed E-state index contributed by atoms with van der Waals surface area (Å²) < 4.78 is 0. The predicted octanol–water partition coefficient (Wildman–Crippen LogP) is 3.35. The molecule has 1 fully saturated rings. The zero-order valence-corrected chi connectivity index (χ0v) is 12.0. The molecule has 1 aromatic carbocycles. The minimum atomic E-state index is 0.0300. The summed E-state index contributed by atoms with van der Waals surface area (Å²) in [5.74, 6) is 0.851. The quantitative estimate of drug-likeness (QED) is 0.852. The summed E-state index contributed by atoms with van der Waals surface area (Å²) in [6, 6.07) is 5.88. The molecule has 0 spiro atoms. The summed E-state index contributed by atoms with van der Waals surface area (Å²) in [7, 11) is 1.85. The van der Waals surface area contributed by atoms with Crippen molar-refractivity contribution in [3.05, 3.63) is 29.3 Å². The van der Waals surface area contributed by atoms with Crippen LogP contribution in [0.4, 0.5) is 5.69 Å². The number of amides is 1. The Bertz CT molecular complexity index is 436. The molecule has 1 aliphatic carbocycles. The number of hydrogen-bond donors (Lipinski definition) is 2. The highest BCUT2D eigenvalue weighted by atomic mass is 16.1. The van der Waals surface area contributed by atoms with E-state index in [-0.39, 0.29) is 5.91 Å². The van der Waals surface area contributed by atoms with Crippen LogP contribution in [-0.2, 0) is 0 Å². The van der Waals surface area contributed by atoms with E-state index in [4.69, 9.17) is 0 Å². The highest BCUT2D eigenvalue weighted by Crippen LogP contribution is 2.27. The third-order valence-electron chi connectivity index (χ3n) is 4.00. The monoisotopic (exact) mass is 260 g/mol. The minimum Gasteiger partial charge on any atom is -0.387 e. The Morgan fingerprint density at radius 2 is 2.05 bits per heavy atom. The molecule has 0 aromatic heterocycles. The average Bonchev–Trinajstić information content (AvgIpc) is 2.91. The van der Waals surface area contributed by atoms with Gasteiger partial charge in [0.1, 0.15) is 0 Å². The Kier molecular flexibility index (Phi) is 4.83. The fraction of sp³-hybridized carbons (Fsp3) is 0.562. The molecule has 2 N–H and O–H groups in total. The van der Waals surface area contributed by atoms with Crippen LogP contribution in [0.2, 0.25) is 0 Å². The lowest BCUT2D eigenvalue weighted by Crippen LogP contribution is -2.26. The van der Waals surface area contributed by atoms with Crippen molar-refractivity contribution in [2.24, 2.45) is 5.92 Å². The zero-order valence-electron chi connectivity index (χ0n) is 12.0. The predicted molar refractivity (Wildman–Crippen MR) is 79.6 cm³/mol. The van der Waals surface area contributed by atoms with Crippen LogP contribution in [0.25, 0.3) is 0 Å². The maximum Gasteiger partial charge on any atom is 0.253 e. The van der Waals surface area contributed by atoms with Crippen LogP contribution in [0, 0.1) is 12.8 Å². The van der Waals surface area contributed by atoms with Crippen LogP contribution in [0.3, 0.4) is 0 Å². The number of rotatable bonds is 5. The highest BCUT2D eigenvalue weighted by molar-refractivity contribution is 5.99. The molecule has 19 heavy (non-hydrogen) atoms. The molecule has 0 heterocycles. The van der Waals surface area contributed by atoms with Crippen molar-refractivity contribution < 1.29 is 4.79 Å². The van der Waals surface area contributed by atoms with Gasteiger partial charge in [-0.05, 0) is 37.0 Å². The third-order valence-corrected chi connectivity index (χ3v) is 4.00. The van der Waals surface area contributed by atoms with E-state index in [2.05, 4.69) is 10.6 Å². The molecule has 3 nitrogen and oxygen atoms in total. The van der Waals surface area contributed by atoms with E-state index < -0.39 is 0 Å². The molecule has 1 aromatic rings. The van der Waals surface area contributed by atoms with E-state index >= 15 is 0 Å². The van der Waals surface area contributed by atoms with E-state index in [0.29, 0.717) is 0 Å². The molecule has 2 rings (SSSR count). The van der Waals surface area contributed by atoms with Gasteiger partial charge in [0, 0.05) is 19.3 Å². The number of anilines is 1. The average molecular weight is 260 g/mol. The number of hydrogen-bond acceptors (Lipinski definition) is 2. The molecule has 104 valence electrons. The van der Waals surface area contributed by atoms with Crippen molar-refractivity contribution >= 4 is 11.6 Å². The Morgan fingerprint density at radius 1 is 1.32 bits per heavy atom. The fourth-order valence-corrected chi connectivity index (χ4v) is 2.85. The summed E-state index contributed by atoms with van der Waals surface area (Å²) >= 11 is 0. The second-order valence-electron chi connectivity index (χ2n) is 5.49. The first kappa shape index (κ1) is 13.9. The van der Waals surface area contributed by atoms with E-state index in [1.807, 2.05) is 32.2 Å². The van der Waals surface area contributed by atoms with Gasteiger partial charge in [-0.25, -0.2) is 0 Å². The molecule has 0 unspecified atom stereocenters. The summed E-state index contributed by atoms with van der Waals surface area (Å²) in [6.07, 6.45) is 6.51. The summed E-state index contributed by atoms with van der Waals surface area (Å²) in [6.45, 7) is 2.82. The van der Waals surface area contributed by atoms with E-state index in [0.717, 1.165) is 35.7 Å². The topological polar surface area (TPSA) is 41.1 Å². The van der Waals surface area contributed by atoms with Gasteiger partial charge in [-0.3, -0.25) is 4.79 Å². The van der Waals surface area contributed by atoms with Gasteiger partial charge >= 0.3 is 0 Å². The first-order chi connectivity index (χ1) is 9.20. The standard InChI is InChI=1S/C16H24N2O/c1-12-7-8-14(15(11-12)17-2)16(19)18-10-9-13-5-3-4-6-13/h7-8,11,13,17H,3-6,9-10H2,1-2H3,(H,18,19). The molecule has 3 heteroatoms. The Hall–Kier alpha value is -1.51. The van der Waals surface area contributed by atoms with Crippen molar-refractivity contribution in [2.75, 3.05) is 18.9 Å². The maximum absolute atomic E-state index is 12.2. The molecule has 1 saturated carbocycles.